The lowest BCUT2D eigenvalue weighted by molar-refractivity contribution is 0.0945. The Balaban J connectivity index is 1.95. The Morgan fingerprint density at radius 3 is 2.94 bits per heavy atom. The van der Waals surface area contributed by atoms with Gasteiger partial charge < -0.3 is 15.6 Å². The van der Waals surface area contributed by atoms with E-state index in [1.807, 2.05) is 0 Å². The molecular weight excluding hydrogens is 236 g/mol. The van der Waals surface area contributed by atoms with Crippen LogP contribution < -0.4 is 11.1 Å². The standard InChI is InChI=1S/C10H14N6O2/c1-6-8(11)9(16(2)15-6)10(17)12-4-3-7-13-5-14-18-7/h5H,3-4,11H2,1-2H3,(H,12,17). The molecule has 8 nitrogen and oxygen atoms in total. The van der Waals surface area contributed by atoms with E-state index in [0.29, 0.717) is 35.9 Å². The molecule has 0 saturated carbocycles. The van der Waals surface area contributed by atoms with E-state index in [4.69, 9.17) is 10.3 Å². The number of nitrogens with two attached hydrogens (primary N) is 1. The lowest BCUT2D eigenvalue weighted by Gasteiger charge is -2.04. The molecule has 1 amide bonds. The van der Waals surface area contributed by atoms with Crippen molar-refractivity contribution < 1.29 is 9.32 Å². The van der Waals surface area contributed by atoms with Crippen LogP contribution in [0.2, 0.25) is 0 Å². The van der Waals surface area contributed by atoms with Crippen LogP contribution in [0, 0.1) is 6.92 Å². The Morgan fingerprint density at radius 1 is 1.61 bits per heavy atom. The summed E-state index contributed by atoms with van der Waals surface area (Å²) in [6.45, 7) is 2.15. The summed E-state index contributed by atoms with van der Waals surface area (Å²) in [5.41, 5.74) is 7.18. The first kappa shape index (κ1) is 12.1. The summed E-state index contributed by atoms with van der Waals surface area (Å²) in [5.74, 6) is 0.208. The fraction of sp³-hybridized carbons (Fsp3) is 0.400. The number of rotatable bonds is 4. The zero-order chi connectivity index (χ0) is 13.1. The van der Waals surface area contributed by atoms with Crippen molar-refractivity contribution in [2.45, 2.75) is 13.3 Å². The lowest BCUT2D eigenvalue weighted by atomic mass is 10.3. The average molecular weight is 250 g/mol. The number of nitrogen functional groups attached to an aromatic ring is 1. The van der Waals surface area contributed by atoms with Crippen molar-refractivity contribution >= 4 is 11.6 Å². The molecule has 96 valence electrons. The summed E-state index contributed by atoms with van der Waals surface area (Å²) in [7, 11) is 1.68. The highest BCUT2D eigenvalue weighted by Crippen LogP contribution is 2.14. The molecule has 2 aromatic rings. The van der Waals surface area contributed by atoms with Gasteiger partial charge in [0.15, 0.2) is 6.33 Å². The zero-order valence-corrected chi connectivity index (χ0v) is 10.2. The highest BCUT2D eigenvalue weighted by atomic mass is 16.5. The van der Waals surface area contributed by atoms with Crippen LogP contribution in [0.3, 0.4) is 0 Å². The number of anilines is 1. The van der Waals surface area contributed by atoms with Gasteiger partial charge in [-0.3, -0.25) is 9.48 Å². The maximum Gasteiger partial charge on any atom is 0.271 e. The fourth-order valence-corrected chi connectivity index (χ4v) is 1.62. The van der Waals surface area contributed by atoms with E-state index in [-0.39, 0.29) is 5.91 Å². The van der Waals surface area contributed by atoms with Crippen molar-refractivity contribution in [1.82, 2.24) is 25.2 Å². The Kier molecular flexibility index (Phi) is 3.26. The molecule has 3 N–H and O–H groups in total. The van der Waals surface area contributed by atoms with Gasteiger partial charge in [0, 0.05) is 20.0 Å². The predicted molar refractivity (Wildman–Crippen MR) is 62.7 cm³/mol. The maximum atomic E-state index is 11.9. The minimum atomic E-state index is -0.268. The SMILES string of the molecule is Cc1nn(C)c(C(=O)NCCc2ncno2)c1N. The van der Waals surface area contributed by atoms with E-state index in [0.717, 1.165) is 0 Å². The van der Waals surface area contributed by atoms with Crippen molar-refractivity contribution in [3.8, 4) is 0 Å². The van der Waals surface area contributed by atoms with Gasteiger partial charge in [0.1, 0.15) is 5.69 Å². The molecule has 0 aromatic carbocycles. The highest BCUT2D eigenvalue weighted by Gasteiger charge is 2.17. The molecule has 18 heavy (non-hydrogen) atoms. The van der Waals surface area contributed by atoms with Crippen LogP contribution in [-0.2, 0) is 13.5 Å². The summed E-state index contributed by atoms with van der Waals surface area (Å²) in [4.78, 5) is 15.8. The van der Waals surface area contributed by atoms with Crippen molar-refractivity contribution in [1.29, 1.82) is 0 Å². The van der Waals surface area contributed by atoms with Gasteiger partial charge in [-0.1, -0.05) is 5.16 Å². The fourth-order valence-electron chi connectivity index (χ4n) is 1.62. The van der Waals surface area contributed by atoms with Gasteiger partial charge >= 0.3 is 0 Å². The summed E-state index contributed by atoms with van der Waals surface area (Å²) >= 11 is 0. The molecule has 2 aromatic heterocycles. The molecule has 0 fully saturated rings. The van der Waals surface area contributed by atoms with Crippen LogP contribution in [-0.4, -0.2) is 32.4 Å². The topological polar surface area (TPSA) is 112 Å². The summed E-state index contributed by atoms with van der Waals surface area (Å²) < 4.78 is 6.28. The van der Waals surface area contributed by atoms with E-state index in [2.05, 4.69) is 20.6 Å². The van der Waals surface area contributed by atoms with Crippen LogP contribution in [0.4, 0.5) is 5.69 Å². The summed E-state index contributed by atoms with van der Waals surface area (Å²) in [5, 5.41) is 10.3. The molecule has 2 rings (SSSR count). The van der Waals surface area contributed by atoms with Gasteiger partial charge in [0.05, 0.1) is 11.4 Å². The van der Waals surface area contributed by atoms with Crippen LogP contribution in [0.25, 0.3) is 0 Å². The van der Waals surface area contributed by atoms with Crippen molar-refractivity contribution in [2.75, 3.05) is 12.3 Å². The largest absolute Gasteiger partial charge is 0.395 e. The summed E-state index contributed by atoms with van der Waals surface area (Å²) in [6.07, 6.45) is 1.79. The molecule has 0 unspecified atom stereocenters. The van der Waals surface area contributed by atoms with Crippen LogP contribution in [0.1, 0.15) is 22.1 Å². The smallest absolute Gasteiger partial charge is 0.271 e. The molecule has 0 aliphatic heterocycles. The number of carbonyl (C=O) groups excluding carboxylic acids is 1. The maximum absolute atomic E-state index is 11.9. The van der Waals surface area contributed by atoms with Crippen molar-refractivity contribution in [3.63, 3.8) is 0 Å². The number of nitrogens with zero attached hydrogens (tertiary/aromatic N) is 4. The normalized spacial score (nSPS) is 10.6. The van der Waals surface area contributed by atoms with E-state index in [1.165, 1.54) is 11.0 Å². The van der Waals surface area contributed by atoms with E-state index < -0.39 is 0 Å². The first-order valence-electron chi connectivity index (χ1n) is 5.42. The third kappa shape index (κ3) is 2.31. The van der Waals surface area contributed by atoms with E-state index >= 15 is 0 Å². The molecule has 0 aliphatic rings. The predicted octanol–water partition coefficient (Wildman–Crippen LogP) is -0.334. The molecule has 8 heteroatoms. The van der Waals surface area contributed by atoms with E-state index in [1.54, 1.807) is 14.0 Å². The molecule has 0 atom stereocenters. The van der Waals surface area contributed by atoms with Gasteiger partial charge in [0.2, 0.25) is 5.89 Å². The Labute approximate surface area is 103 Å². The second-order valence-corrected chi connectivity index (χ2v) is 3.81. The zero-order valence-electron chi connectivity index (χ0n) is 10.2. The number of nitrogens with one attached hydrogen (secondary N) is 1. The quantitative estimate of drug-likeness (QED) is 0.768. The molecule has 2 heterocycles. The van der Waals surface area contributed by atoms with Gasteiger partial charge in [-0.2, -0.15) is 10.1 Å². The average Bonchev–Trinajstić information content (AvgIpc) is 2.89. The number of aromatic nitrogens is 4. The Bertz CT molecular complexity index is 545. The monoisotopic (exact) mass is 250 g/mol. The summed E-state index contributed by atoms with van der Waals surface area (Å²) in [6, 6.07) is 0. The number of amides is 1. The molecule has 0 radical (unpaired) electrons. The van der Waals surface area contributed by atoms with Gasteiger partial charge in [-0.15, -0.1) is 0 Å². The van der Waals surface area contributed by atoms with Crippen LogP contribution in [0.5, 0.6) is 0 Å². The minimum Gasteiger partial charge on any atom is -0.395 e. The minimum absolute atomic E-state index is 0.268. The lowest BCUT2D eigenvalue weighted by Crippen LogP contribution is -2.28. The van der Waals surface area contributed by atoms with E-state index in [9.17, 15) is 4.79 Å². The number of hydrogen-bond acceptors (Lipinski definition) is 6. The molecule has 0 aliphatic carbocycles. The molecule has 0 bridgehead atoms. The highest BCUT2D eigenvalue weighted by molar-refractivity contribution is 5.97. The Hall–Kier alpha value is -2.38. The third-order valence-corrected chi connectivity index (χ3v) is 2.51. The van der Waals surface area contributed by atoms with Gasteiger partial charge in [-0.25, -0.2) is 0 Å². The first-order chi connectivity index (χ1) is 8.59. The van der Waals surface area contributed by atoms with Crippen molar-refractivity contribution in [2.24, 2.45) is 7.05 Å². The van der Waals surface area contributed by atoms with Crippen LogP contribution in [0.15, 0.2) is 10.9 Å². The Morgan fingerprint density at radius 2 is 2.39 bits per heavy atom. The number of carbonyl (C=O) groups is 1. The number of hydrogen-bond donors (Lipinski definition) is 2. The molecule has 0 saturated heterocycles. The third-order valence-electron chi connectivity index (χ3n) is 2.51. The van der Waals surface area contributed by atoms with Crippen LogP contribution >= 0.6 is 0 Å². The van der Waals surface area contributed by atoms with Crippen molar-refractivity contribution in [3.05, 3.63) is 23.6 Å². The molecule has 0 spiro atoms. The number of aryl methyl sites for hydroxylation is 2. The second-order valence-electron chi connectivity index (χ2n) is 3.81. The molecular formula is C10H14N6O2. The first-order valence-corrected chi connectivity index (χ1v) is 5.42. The van der Waals surface area contributed by atoms with Gasteiger partial charge in [0.25, 0.3) is 5.91 Å². The second kappa shape index (κ2) is 4.86. The van der Waals surface area contributed by atoms with Gasteiger partial charge in [-0.05, 0) is 6.92 Å².